The molecule has 1 heterocycles. The molecule has 1 aromatic carbocycles. The molecule has 0 bridgehead atoms. The van der Waals surface area contributed by atoms with Crippen molar-refractivity contribution in [1.82, 2.24) is 0 Å². The number of carbonyl (C=O) groups is 2. The van der Waals surface area contributed by atoms with E-state index in [0.29, 0.717) is 29.9 Å². The average molecular weight is 396 g/mol. The van der Waals surface area contributed by atoms with Gasteiger partial charge in [-0.05, 0) is 44.0 Å². The minimum Gasteiger partial charge on any atom is -0.469 e. The SMILES string of the molecule is Cc1occc1C(=O)Nc1cc(NC(=O)C2(N)CCCCC2)ccc1F.Cl. The molecule has 1 fully saturated rings. The number of carbonyl (C=O) groups excluding carboxylic acids is 2. The molecule has 8 heteroatoms. The van der Waals surface area contributed by atoms with Gasteiger partial charge in [-0.15, -0.1) is 12.4 Å². The van der Waals surface area contributed by atoms with Crippen LogP contribution in [0.25, 0.3) is 0 Å². The molecule has 0 aliphatic heterocycles. The summed E-state index contributed by atoms with van der Waals surface area (Å²) in [7, 11) is 0. The van der Waals surface area contributed by atoms with Crippen molar-refractivity contribution >= 4 is 35.6 Å². The Labute approximate surface area is 163 Å². The lowest BCUT2D eigenvalue weighted by Gasteiger charge is -2.31. The van der Waals surface area contributed by atoms with E-state index in [4.69, 9.17) is 10.2 Å². The van der Waals surface area contributed by atoms with Crippen LogP contribution in [0.15, 0.2) is 34.9 Å². The van der Waals surface area contributed by atoms with Crippen LogP contribution in [0.3, 0.4) is 0 Å². The Morgan fingerprint density at radius 3 is 2.48 bits per heavy atom. The Balaban J connectivity index is 0.00000261. The Hall–Kier alpha value is -2.38. The third-order valence-corrected chi connectivity index (χ3v) is 4.77. The summed E-state index contributed by atoms with van der Waals surface area (Å²) in [6, 6.07) is 5.53. The molecule has 2 amide bonds. The number of benzene rings is 1. The number of furan rings is 1. The van der Waals surface area contributed by atoms with Gasteiger partial charge in [0.05, 0.1) is 23.1 Å². The maximum Gasteiger partial charge on any atom is 0.259 e. The molecule has 0 radical (unpaired) electrons. The molecular formula is C19H23ClFN3O3. The molecule has 27 heavy (non-hydrogen) atoms. The van der Waals surface area contributed by atoms with Crippen molar-refractivity contribution in [2.24, 2.45) is 5.73 Å². The smallest absolute Gasteiger partial charge is 0.259 e. The molecule has 6 nitrogen and oxygen atoms in total. The fourth-order valence-electron chi connectivity index (χ4n) is 3.17. The highest BCUT2D eigenvalue weighted by atomic mass is 35.5. The Morgan fingerprint density at radius 2 is 1.85 bits per heavy atom. The molecule has 3 rings (SSSR count). The minimum absolute atomic E-state index is 0. The molecule has 0 atom stereocenters. The number of halogens is 2. The first kappa shape index (κ1) is 20.9. The Kier molecular flexibility index (Phi) is 6.62. The average Bonchev–Trinajstić information content (AvgIpc) is 3.04. The summed E-state index contributed by atoms with van der Waals surface area (Å²) in [4.78, 5) is 24.7. The van der Waals surface area contributed by atoms with Gasteiger partial charge in [0.1, 0.15) is 11.6 Å². The van der Waals surface area contributed by atoms with Gasteiger partial charge in [-0.25, -0.2) is 4.39 Å². The van der Waals surface area contributed by atoms with E-state index in [2.05, 4.69) is 10.6 Å². The van der Waals surface area contributed by atoms with Gasteiger partial charge in [0.2, 0.25) is 5.91 Å². The van der Waals surface area contributed by atoms with Gasteiger partial charge in [-0.1, -0.05) is 19.3 Å². The summed E-state index contributed by atoms with van der Waals surface area (Å²) in [6.45, 7) is 1.65. The van der Waals surface area contributed by atoms with Crippen LogP contribution in [0.2, 0.25) is 0 Å². The quantitative estimate of drug-likeness (QED) is 0.728. The Bertz CT molecular complexity index is 831. The van der Waals surface area contributed by atoms with E-state index in [1.807, 2.05) is 0 Å². The predicted molar refractivity (Wildman–Crippen MR) is 104 cm³/mol. The van der Waals surface area contributed by atoms with Crippen LogP contribution in [-0.2, 0) is 4.79 Å². The van der Waals surface area contributed by atoms with Crippen LogP contribution in [0.4, 0.5) is 15.8 Å². The van der Waals surface area contributed by atoms with E-state index in [-0.39, 0.29) is 24.0 Å². The number of hydrogen-bond acceptors (Lipinski definition) is 4. The van der Waals surface area contributed by atoms with Crippen LogP contribution in [0.1, 0.15) is 48.2 Å². The van der Waals surface area contributed by atoms with Gasteiger partial charge in [0.15, 0.2) is 0 Å². The second-order valence-electron chi connectivity index (χ2n) is 6.71. The van der Waals surface area contributed by atoms with Crippen molar-refractivity contribution in [3.05, 3.63) is 47.7 Å². The van der Waals surface area contributed by atoms with Gasteiger partial charge in [0, 0.05) is 5.69 Å². The van der Waals surface area contributed by atoms with Crippen molar-refractivity contribution in [3.63, 3.8) is 0 Å². The summed E-state index contributed by atoms with van der Waals surface area (Å²) in [6.07, 6.45) is 5.55. The van der Waals surface area contributed by atoms with Gasteiger partial charge in [0.25, 0.3) is 5.91 Å². The molecule has 0 spiro atoms. The molecule has 4 N–H and O–H groups in total. The highest BCUT2D eigenvalue weighted by Crippen LogP contribution is 2.28. The normalized spacial score (nSPS) is 15.5. The number of anilines is 2. The lowest BCUT2D eigenvalue weighted by molar-refractivity contribution is -0.122. The third kappa shape index (κ3) is 4.67. The molecule has 146 valence electrons. The second-order valence-corrected chi connectivity index (χ2v) is 6.71. The van der Waals surface area contributed by atoms with Crippen molar-refractivity contribution in [2.45, 2.75) is 44.6 Å². The molecule has 1 aliphatic carbocycles. The number of amides is 2. The van der Waals surface area contributed by atoms with E-state index in [1.54, 1.807) is 6.92 Å². The molecule has 1 saturated carbocycles. The lowest BCUT2D eigenvalue weighted by atomic mass is 9.82. The van der Waals surface area contributed by atoms with E-state index in [0.717, 1.165) is 19.3 Å². The maximum atomic E-state index is 14.1. The van der Waals surface area contributed by atoms with E-state index >= 15 is 0 Å². The standard InChI is InChI=1S/C19H22FN3O3.ClH/c1-12-14(7-10-26-12)17(24)23-16-11-13(5-6-15(16)20)22-18(25)19(21)8-3-2-4-9-19;/h5-7,10-11H,2-4,8-9,21H2,1H3,(H,22,25)(H,23,24);1H. The molecule has 0 unspecified atom stereocenters. The van der Waals surface area contributed by atoms with E-state index in [1.165, 1.54) is 30.5 Å². The van der Waals surface area contributed by atoms with E-state index < -0.39 is 17.3 Å². The van der Waals surface area contributed by atoms with Crippen molar-refractivity contribution in [1.29, 1.82) is 0 Å². The fraction of sp³-hybridized carbons (Fsp3) is 0.368. The van der Waals surface area contributed by atoms with Crippen LogP contribution in [0, 0.1) is 12.7 Å². The highest BCUT2D eigenvalue weighted by molar-refractivity contribution is 6.05. The summed E-state index contributed by atoms with van der Waals surface area (Å²) in [5.74, 6) is -0.930. The summed E-state index contributed by atoms with van der Waals surface area (Å²) in [5, 5.41) is 5.24. The van der Waals surface area contributed by atoms with Gasteiger partial charge in [-0.3, -0.25) is 9.59 Å². The number of nitrogens with two attached hydrogens (primary N) is 1. The van der Waals surface area contributed by atoms with Crippen molar-refractivity contribution < 1.29 is 18.4 Å². The molecule has 0 saturated heterocycles. The molecular weight excluding hydrogens is 373 g/mol. The summed E-state index contributed by atoms with van der Waals surface area (Å²) < 4.78 is 19.1. The first-order chi connectivity index (χ1) is 12.4. The van der Waals surface area contributed by atoms with Gasteiger partial charge < -0.3 is 20.8 Å². The van der Waals surface area contributed by atoms with Gasteiger partial charge in [-0.2, -0.15) is 0 Å². The monoisotopic (exact) mass is 395 g/mol. The topological polar surface area (TPSA) is 97.4 Å². The summed E-state index contributed by atoms with van der Waals surface area (Å²) in [5.41, 5.74) is 5.99. The molecule has 2 aromatic rings. The second kappa shape index (κ2) is 8.54. The van der Waals surface area contributed by atoms with Crippen LogP contribution in [-0.4, -0.2) is 17.4 Å². The number of rotatable bonds is 4. The van der Waals surface area contributed by atoms with Gasteiger partial charge >= 0.3 is 0 Å². The first-order valence-electron chi connectivity index (χ1n) is 8.64. The number of nitrogens with one attached hydrogen (secondary N) is 2. The third-order valence-electron chi connectivity index (χ3n) is 4.77. The first-order valence-corrected chi connectivity index (χ1v) is 8.64. The highest BCUT2D eigenvalue weighted by Gasteiger charge is 2.35. The van der Waals surface area contributed by atoms with E-state index in [9.17, 15) is 14.0 Å². The molecule has 1 aliphatic rings. The molecule has 1 aromatic heterocycles. The van der Waals surface area contributed by atoms with Crippen LogP contribution < -0.4 is 16.4 Å². The number of hydrogen-bond donors (Lipinski definition) is 3. The van der Waals surface area contributed by atoms with Crippen LogP contribution >= 0.6 is 12.4 Å². The largest absolute Gasteiger partial charge is 0.469 e. The number of aryl methyl sites for hydroxylation is 1. The fourth-order valence-corrected chi connectivity index (χ4v) is 3.17. The lowest BCUT2D eigenvalue weighted by Crippen LogP contribution is -2.52. The zero-order chi connectivity index (χ0) is 18.7. The van der Waals surface area contributed by atoms with Crippen molar-refractivity contribution in [2.75, 3.05) is 10.6 Å². The minimum atomic E-state index is -0.899. The Morgan fingerprint density at radius 1 is 1.15 bits per heavy atom. The summed E-state index contributed by atoms with van der Waals surface area (Å²) >= 11 is 0. The van der Waals surface area contributed by atoms with Crippen molar-refractivity contribution in [3.8, 4) is 0 Å². The maximum absolute atomic E-state index is 14.1. The zero-order valence-electron chi connectivity index (χ0n) is 15.0. The zero-order valence-corrected chi connectivity index (χ0v) is 15.8. The van der Waals surface area contributed by atoms with Crippen LogP contribution in [0.5, 0.6) is 0 Å². The predicted octanol–water partition coefficient (Wildman–Crippen LogP) is 4.00.